The smallest absolute Gasteiger partial charge is 0.336 e. The summed E-state index contributed by atoms with van der Waals surface area (Å²) in [6.45, 7) is 0. The summed E-state index contributed by atoms with van der Waals surface area (Å²) in [7, 11) is 0. The minimum Gasteiger partial charge on any atom is -0.417 e. The number of rotatable bonds is 4. The maximum atomic E-state index is 12.5. The molecule has 0 fully saturated rings. The summed E-state index contributed by atoms with van der Waals surface area (Å²) in [4.78, 5) is 24.6. The second-order valence-electron chi connectivity index (χ2n) is 5.59. The zero-order valence-corrected chi connectivity index (χ0v) is 15.8. The number of carbonyl (C=O) groups excluding carboxylic acids is 1. The number of nitrogens with zero attached hydrogens (tertiary/aromatic N) is 2. The van der Waals surface area contributed by atoms with Gasteiger partial charge >= 0.3 is 5.63 Å². The van der Waals surface area contributed by atoms with E-state index in [0.29, 0.717) is 10.7 Å². The van der Waals surface area contributed by atoms with Crippen molar-refractivity contribution in [3.63, 3.8) is 0 Å². The second kappa shape index (κ2) is 7.34. The first-order valence-corrected chi connectivity index (χ1v) is 10.0. The molecule has 2 aromatic carbocycles. The number of fused-ring (bicyclic) bond motifs is 1. The van der Waals surface area contributed by atoms with Gasteiger partial charge in [0.05, 0.1) is 0 Å². The lowest BCUT2D eigenvalue weighted by Crippen LogP contribution is -2.14. The first-order valence-electron chi connectivity index (χ1n) is 7.96. The van der Waals surface area contributed by atoms with E-state index in [1.54, 1.807) is 6.07 Å². The van der Waals surface area contributed by atoms with Crippen molar-refractivity contribution in [2.75, 3.05) is 11.6 Å². The Morgan fingerprint density at radius 3 is 2.74 bits per heavy atom. The summed E-state index contributed by atoms with van der Waals surface area (Å²) in [6, 6.07) is 16.6. The first-order chi connectivity index (χ1) is 13.1. The average molecular weight is 395 g/mol. The third-order valence-electron chi connectivity index (χ3n) is 3.90. The first kappa shape index (κ1) is 17.4. The Kier molecular flexibility index (Phi) is 4.74. The molecule has 4 aromatic rings. The highest BCUT2D eigenvalue weighted by Crippen LogP contribution is 2.29. The van der Waals surface area contributed by atoms with E-state index in [9.17, 15) is 9.59 Å². The van der Waals surface area contributed by atoms with Gasteiger partial charge in [-0.2, -0.15) is 0 Å². The van der Waals surface area contributed by atoms with Crippen molar-refractivity contribution in [1.29, 1.82) is 0 Å². The molecule has 0 atom stereocenters. The molecule has 0 aliphatic carbocycles. The van der Waals surface area contributed by atoms with Crippen LogP contribution >= 0.6 is 23.1 Å². The van der Waals surface area contributed by atoms with Gasteiger partial charge in [-0.1, -0.05) is 65.6 Å². The van der Waals surface area contributed by atoms with Crippen molar-refractivity contribution in [2.24, 2.45) is 0 Å². The Labute approximate surface area is 162 Å². The summed E-state index contributed by atoms with van der Waals surface area (Å²) >= 11 is 2.69. The molecule has 8 heteroatoms. The fraction of sp³-hybridized carbons (Fsp3) is 0.0526. The zero-order valence-electron chi connectivity index (χ0n) is 14.1. The molecule has 0 bridgehead atoms. The van der Waals surface area contributed by atoms with Gasteiger partial charge in [-0.05, 0) is 34.2 Å². The average Bonchev–Trinajstić information content (AvgIpc) is 3.14. The summed E-state index contributed by atoms with van der Waals surface area (Å²) in [5.41, 5.74) is 0.888. The van der Waals surface area contributed by atoms with Gasteiger partial charge in [0.25, 0.3) is 5.91 Å². The quantitative estimate of drug-likeness (QED) is 0.410. The standard InChI is InChI=1S/C19H13N3O3S2/c1-26-19-22-21-18(27-19)20-17(24)15-9-12(10-16(23)25-15)14-8-4-6-11-5-2-3-7-13(11)14/h2-10H,1H3,(H,20,21,24). The predicted octanol–water partition coefficient (Wildman–Crippen LogP) is 4.29. The van der Waals surface area contributed by atoms with Crippen LogP contribution in [-0.4, -0.2) is 22.4 Å². The van der Waals surface area contributed by atoms with E-state index in [1.165, 1.54) is 29.2 Å². The molecule has 1 N–H and O–H groups in total. The summed E-state index contributed by atoms with van der Waals surface area (Å²) < 4.78 is 5.83. The molecule has 0 aliphatic heterocycles. The Morgan fingerprint density at radius 1 is 1.11 bits per heavy atom. The van der Waals surface area contributed by atoms with Gasteiger partial charge in [0, 0.05) is 6.07 Å². The fourth-order valence-corrected chi connectivity index (χ4v) is 3.89. The zero-order chi connectivity index (χ0) is 18.8. The third kappa shape index (κ3) is 3.62. The number of amides is 1. The van der Waals surface area contributed by atoms with E-state index in [1.807, 2.05) is 48.7 Å². The fourth-order valence-electron chi connectivity index (χ4n) is 2.72. The molecule has 2 heterocycles. The number of aromatic nitrogens is 2. The van der Waals surface area contributed by atoms with Crippen LogP contribution in [0.2, 0.25) is 0 Å². The third-order valence-corrected chi connectivity index (χ3v) is 5.71. The molecule has 6 nitrogen and oxygen atoms in total. The molecule has 0 aliphatic rings. The molecule has 27 heavy (non-hydrogen) atoms. The molecule has 0 unspecified atom stereocenters. The monoisotopic (exact) mass is 395 g/mol. The lowest BCUT2D eigenvalue weighted by atomic mass is 9.99. The van der Waals surface area contributed by atoms with Crippen LogP contribution in [0, 0.1) is 0 Å². The largest absolute Gasteiger partial charge is 0.417 e. The van der Waals surface area contributed by atoms with Crippen LogP contribution in [0.15, 0.2) is 68.1 Å². The molecule has 2 aromatic heterocycles. The number of nitrogens with one attached hydrogen (secondary N) is 1. The number of anilines is 1. The van der Waals surface area contributed by atoms with E-state index in [0.717, 1.165) is 20.7 Å². The van der Waals surface area contributed by atoms with Crippen LogP contribution in [0.25, 0.3) is 21.9 Å². The van der Waals surface area contributed by atoms with E-state index in [-0.39, 0.29) is 5.76 Å². The lowest BCUT2D eigenvalue weighted by molar-refractivity contribution is 0.0992. The Bertz CT molecular complexity index is 1190. The topological polar surface area (TPSA) is 85.1 Å². The van der Waals surface area contributed by atoms with Crippen LogP contribution in [0.3, 0.4) is 0 Å². The van der Waals surface area contributed by atoms with E-state index in [4.69, 9.17) is 4.42 Å². The molecule has 0 radical (unpaired) electrons. The van der Waals surface area contributed by atoms with Gasteiger partial charge in [-0.3, -0.25) is 10.1 Å². The predicted molar refractivity (Wildman–Crippen MR) is 108 cm³/mol. The van der Waals surface area contributed by atoms with Crippen molar-refractivity contribution in [3.8, 4) is 11.1 Å². The highest BCUT2D eigenvalue weighted by Gasteiger charge is 2.15. The maximum absolute atomic E-state index is 12.5. The maximum Gasteiger partial charge on any atom is 0.336 e. The van der Waals surface area contributed by atoms with Crippen molar-refractivity contribution in [3.05, 3.63) is 70.8 Å². The van der Waals surface area contributed by atoms with Gasteiger partial charge in [0.15, 0.2) is 10.1 Å². The van der Waals surface area contributed by atoms with Crippen LogP contribution < -0.4 is 10.9 Å². The summed E-state index contributed by atoms with van der Waals surface area (Å²) in [5, 5.41) is 12.8. The number of thioether (sulfide) groups is 1. The number of hydrogen-bond donors (Lipinski definition) is 1. The number of carbonyl (C=O) groups is 1. The normalized spacial score (nSPS) is 10.9. The molecular formula is C19H13N3O3S2. The molecular weight excluding hydrogens is 382 g/mol. The van der Waals surface area contributed by atoms with Crippen molar-refractivity contribution in [2.45, 2.75) is 4.34 Å². The summed E-state index contributed by atoms with van der Waals surface area (Å²) in [6.07, 6.45) is 1.87. The van der Waals surface area contributed by atoms with Gasteiger partial charge in [-0.15, -0.1) is 10.2 Å². The molecule has 0 saturated carbocycles. The molecule has 0 spiro atoms. The molecule has 4 rings (SSSR count). The van der Waals surface area contributed by atoms with E-state index >= 15 is 0 Å². The van der Waals surface area contributed by atoms with Crippen LogP contribution in [0.1, 0.15) is 10.6 Å². The molecule has 1 amide bonds. The van der Waals surface area contributed by atoms with Crippen molar-refractivity contribution < 1.29 is 9.21 Å². The minimum atomic E-state index is -0.590. The molecule has 134 valence electrons. The van der Waals surface area contributed by atoms with Gasteiger partial charge < -0.3 is 4.42 Å². The Balaban J connectivity index is 1.73. The number of hydrogen-bond acceptors (Lipinski definition) is 7. The molecule has 0 saturated heterocycles. The number of benzene rings is 2. The van der Waals surface area contributed by atoms with Gasteiger partial charge in [0.1, 0.15) is 0 Å². The highest BCUT2D eigenvalue weighted by molar-refractivity contribution is 8.00. The lowest BCUT2D eigenvalue weighted by Gasteiger charge is -2.07. The Morgan fingerprint density at radius 2 is 1.93 bits per heavy atom. The second-order valence-corrected chi connectivity index (χ2v) is 7.62. The van der Waals surface area contributed by atoms with Gasteiger partial charge in [0.2, 0.25) is 5.13 Å². The van der Waals surface area contributed by atoms with Crippen LogP contribution in [0.5, 0.6) is 0 Å². The van der Waals surface area contributed by atoms with Gasteiger partial charge in [-0.25, -0.2) is 4.79 Å². The highest BCUT2D eigenvalue weighted by atomic mass is 32.2. The van der Waals surface area contributed by atoms with E-state index in [2.05, 4.69) is 15.5 Å². The van der Waals surface area contributed by atoms with Crippen molar-refractivity contribution in [1.82, 2.24) is 10.2 Å². The van der Waals surface area contributed by atoms with E-state index < -0.39 is 11.5 Å². The van der Waals surface area contributed by atoms with Crippen LogP contribution in [0.4, 0.5) is 5.13 Å². The minimum absolute atomic E-state index is 0.0775. The SMILES string of the molecule is CSc1nnc(NC(=O)c2cc(-c3cccc4ccccc34)cc(=O)o2)s1. The van der Waals surface area contributed by atoms with Crippen molar-refractivity contribution >= 4 is 44.9 Å². The van der Waals surface area contributed by atoms with Crippen LogP contribution in [-0.2, 0) is 0 Å². The Hall–Kier alpha value is -2.97. The summed E-state index contributed by atoms with van der Waals surface area (Å²) in [5.74, 6) is -0.621.